The Labute approximate surface area is 138 Å². The summed E-state index contributed by atoms with van der Waals surface area (Å²) in [5.41, 5.74) is 3.05. The number of aromatic nitrogens is 2. The number of benzene rings is 1. The molecule has 1 amide bonds. The van der Waals surface area contributed by atoms with Gasteiger partial charge in [0.25, 0.3) is 0 Å². The van der Waals surface area contributed by atoms with Gasteiger partial charge in [0.1, 0.15) is 0 Å². The molecule has 0 aliphatic rings. The minimum absolute atomic E-state index is 0.172. The highest BCUT2D eigenvalue weighted by Crippen LogP contribution is 2.23. The summed E-state index contributed by atoms with van der Waals surface area (Å²) in [4.78, 5) is 17.2. The molecule has 2 aromatic heterocycles. The molecule has 0 N–H and O–H groups in total. The fourth-order valence-corrected chi connectivity index (χ4v) is 3.59. The third-order valence-corrected chi connectivity index (χ3v) is 4.77. The number of amides is 1. The van der Waals surface area contributed by atoms with E-state index >= 15 is 0 Å². The van der Waals surface area contributed by atoms with Crippen molar-refractivity contribution in [1.82, 2.24) is 9.72 Å². The van der Waals surface area contributed by atoms with Gasteiger partial charge in [0, 0.05) is 12.6 Å². The van der Waals surface area contributed by atoms with Gasteiger partial charge in [-0.1, -0.05) is 36.4 Å². The highest BCUT2D eigenvalue weighted by Gasteiger charge is 2.13. The summed E-state index contributed by atoms with van der Waals surface area (Å²) in [5, 5.41) is 3.74. The van der Waals surface area contributed by atoms with Crippen LogP contribution in [-0.4, -0.2) is 15.6 Å². The Hall–Kier alpha value is -2.21. The first-order chi connectivity index (χ1) is 11.0. The lowest BCUT2D eigenvalue weighted by atomic mass is 10.0. The van der Waals surface area contributed by atoms with Gasteiger partial charge in [-0.15, -0.1) is 0 Å². The summed E-state index contributed by atoms with van der Waals surface area (Å²) in [6.45, 7) is 8.92. The first kappa shape index (κ1) is 15.7. The van der Waals surface area contributed by atoms with E-state index in [1.807, 2.05) is 11.5 Å². The van der Waals surface area contributed by atoms with Gasteiger partial charge in [-0.3, -0.25) is 4.79 Å². The van der Waals surface area contributed by atoms with Gasteiger partial charge in [-0.05, 0) is 37.5 Å². The van der Waals surface area contributed by atoms with E-state index in [1.165, 1.54) is 16.9 Å². The van der Waals surface area contributed by atoms with Crippen LogP contribution in [0, 0.1) is 6.92 Å². The molecule has 5 nitrogen and oxygen atoms in total. The molecule has 3 aromatic rings. The normalized spacial score (nSPS) is 12.5. The van der Waals surface area contributed by atoms with Crippen molar-refractivity contribution in [2.75, 3.05) is 0 Å². The third kappa shape index (κ3) is 2.99. The van der Waals surface area contributed by atoms with Gasteiger partial charge in [0.05, 0.1) is 15.9 Å². The number of thiazole rings is 1. The number of carbonyl (C=O) groups is 1. The summed E-state index contributed by atoms with van der Waals surface area (Å²) in [6.07, 6.45) is 0. The molecule has 0 aliphatic heterocycles. The minimum Gasteiger partial charge on any atom is -0.351 e. The Balaban J connectivity index is 2.12. The maximum absolute atomic E-state index is 12.2. The number of rotatable bonds is 3. The average molecular weight is 329 g/mol. The van der Waals surface area contributed by atoms with Gasteiger partial charge in [-0.25, -0.2) is 0 Å². The minimum atomic E-state index is -0.400. The second-order valence-electron chi connectivity index (χ2n) is 5.76. The Morgan fingerprint density at radius 2 is 2.17 bits per heavy atom. The molecule has 0 fully saturated rings. The average Bonchev–Trinajstić information content (AvgIpc) is 3.09. The van der Waals surface area contributed by atoms with Crippen LogP contribution < -0.4 is 4.80 Å². The largest absolute Gasteiger partial charge is 0.351 e. The van der Waals surface area contributed by atoms with Crippen molar-refractivity contribution in [3.63, 3.8) is 0 Å². The summed E-state index contributed by atoms with van der Waals surface area (Å²) in [5.74, 6) is 0.240. The molecule has 0 aliphatic carbocycles. The molecule has 0 unspecified atom stereocenters. The fraction of sp³-hybridized carbons (Fsp3) is 0.353. The van der Waals surface area contributed by atoms with Crippen LogP contribution in [0.3, 0.4) is 0 Å². The van der Waals surface area contributed by atoms with Crippen LogP contribution in [0.1, 0.15) is 48.5 Å². The maximum Gasteiger partial charge on any atom is 0.318 e. The number of hydrogen-bond donors (Lipinski definition) is 0. The van der Waals surface area contributed by atoms with E-state index in [-0.39, 0.29) is 5.76 Å². The van der Waals surface area contributed by atoms with E-state index < -0.39 is 5.91 Å². The van der Waals surface area contributed by atoms with Gasteiger partial charge >= 0.3 is 5.91 Å². The van der Waals surface area contributed by atoms with E-state index in [2.05, 4.69) is 42.2 Å². The molecule has 0 saturated heterocycles. The smallest absolute Gasteiger partial charge is 0.318 e. The van der Waals surface area contributed by atoms with Crippen molar-refractivity contribution in [1.29, 1.82) is 0 Å². The lowest BCUT2D eigenvalue weighted by molar-refractivity contribution is 0.0962. The first-order valence-electron chi connectivity index (χ1n) is 7.65. The Kier molecular flexibility index (Phi) is 4.17. The lowest BCUT2D eigenvalue weighted by Crippen LogP contribution is -2.15. The Morgan fingerprint density at radius 1 is 1.39 bits per heavy atom. The molecule has 3 rings (SSSR count). The lowest BCUT2D eigenvalue weighted by Gasteiger charge is -2.05. The van der Waals surface area contributed by atoms with Crippen LogP contribution in [0.25, 0.3) is 10.2 Å². The van der Waals surface area contributed by atoms with Gasteiger partial charge < -0.3 is 9.09 Å². The summed E-state index contributed by atoms with van der Waals surface area (Å²) < 4.78 is 8.18. The van der Waals surface area contributed by atoms with E-state index in [4.69, 9.17) is 4.52 Å². The van der Waals surface area contributed by atoms with Crippen LogP contribution in [0.2, 0.25) is 0 Å². The Bertz CT molecular complexity index is 931. The van der Waals surface area contributed by atoms with Crippen molar-refractivity contribution in [2.24, 2.45) is 4.99 Å². The number of fused-ring (bicyclic) bond motifs is 1. The van der Waals surface area contributed by atoms with Crippen LogP contribution in [0.4, 0.5) is 0 Å². The highest BCUT2D eigenvalue weighted by atomic mass is 32.1. The van der Waals surface area contributed by atoms with Crippen molar-refractivity contribution in [3.8, 4) is 0 Å². The fourth-order valence-electron chi connectivity index (χ4n) is 2.45. The molecule has 23 heavy (non-hydrogen) atoms. The number of carbonyl (C=O) groups excluding carboxylic acids is 1. The molecule has 0 bridgehead atoms. The summed E-state index contributed by atoms with van der Waals surface area (Å²) in [7, 11) is 0. The maximum atomic E-state index is 12.2. The van der Waals surface area contributed by atoms with Crippen molar-refractivity contribution >= 4 is 27.5 Å². The second-order valence-corrected chi connectivity index (χ2v) is 6.77. The van der Waals surface area contributed by atoms with E-state index in [0.29, 0.717) is 16.4 Å². The van der Waals surface area contributed by atoms with Crippen LogP contribution in [0.15, 0.2) is 33.8 Å². The zero-order chi connectivity index (χ0) is 16.6. The SMILES string of the molecule is CCn1c(=NC(=O)c2cc(C)no2)sc2cc(C(C)C)ccc21. The van der Waals surface area contributed by atoms with Crippen LogP contribution in [0.5, 0.6) is 0 Å². The van der Waals surface area contributed by atoms with E-state index in [9.17, 15) is 4.79 Å². The molecule has 2 heterocycles. The number of nitrogens with zero attached hydrogens (tertiary/aromatic N) is 3. The van der Waals surface area contributed by atoms with Crippen molar-refractivity contribution in [2.45, 2.75) is 40.2 Å². The topological polar surface area (TPSA) is 60.4 Å². The predicted molar refractivity (Wildman–Crippen MR) is 90.7 cm³/mol. The molecular formula is C17H19N3O2S. The number of hydrogen-bond acceptors (Lipinski definition) is 4. The van der Waals surface area contributed by atoms with E-state index in [0.717, 1.165) is 16.8 Å². The molecule has 6 heteroatoms. The van der Waals surface area contributed by atoms with Crippen molar-refractivity contribution in [3.05, 3.63) is 46.1 Å². The molecule has 0 radical (unpaired) electrons. The van der Waals surface area contributed by atoms with Gasteiger partial charge in [-0.2, -0.15) is 4.99 Å². The zero-order valence-electron chi connectivity index (χ0n) is 13.7. The number of aryl methyl sites for hydroxylation is 2. The standard InChI is InChI=1S/C17H19N3O2S/c1-5-20-13-7-6-12(10(2)3)9-15(13)23-17(20)18-16(21)14-8-11(4)19-22-14/h6-10H,5H2,1-4H3. The van der Waals surface area contributed by atoms with E-state index in [1.54, 1.807) is 13.0 Å². The zero-order valence-corrected chi connectivity index (χ0v) is 14.5. The van der Waals surface area contributed by atoms with Crippen LogP contribution >= 0.6 is 11.3 Å². The molecule has 0 atom stereocenters. The quantitative estimate of drug-likeness (QED) is 0.732. The first-order valence-corrected chi connectivity index (χ1v) is 8.47. The highest BCUT2D eigenvalue weighted by molar-refractivity contribution is 7.16. The molecule has 120 valence electrons. The monoisotopic (exact) mass is 329 g/mol. The molecule has 0 saturated carbocycles. The second kappa shape index (κ2) is 6.12. The van der Waals surface area contributed by atoms with Crippen molar-refractivity contribution < 1.29 is 9.32 Å². The third-order valence-electron chi connectivity index (χ3n) is 3.73. The summed E-state index contributed by atoms with van der Waals surface area (Å²) in [6, 6.07) is 8.02. The Morgan fingerprint density at radius 3 is 2.78 bits per heavy atom. The molecule has 1 aromatic carbocycles. The molecule has 0 spiro atoms. The van der Waals surface area contributed by atoms with Crippen LogP contribution in [-0.2, 0) is 6.54 Å². The molecular weight excluding hydrogens is 310 g/mol. The van der Waals surface area contributed by atoms with Gasteiger partial charge in [0.15, 0.2) is 4.80 Å². The summed E-state index contributed by atoms with van der Waals surface area (Å²) >= 11 is 1.52. The predicted octanol–water partition coefficient (Wildman–Crippen LogP) is 3.88. The van der Waals surface area contributed by atoms with Gasteiger partial charge in [0.2, 0.25) is 5.76 Å².